The molecule has 0 saturated carbocycles. The zero-order valence-corrected chi connectivity index (χ0v) is 14.1. The Morgan fingerprint density at radius 2 is 2.05 bits per heavy atom. The maximum absolute atomic E-state index is 12.2. The molecule has 0 atom stereocenters. The Hall–Kier alpha value is -0.920. The Bertz CT molecular complexity index is 587. The summed E-state index contributed by atoms with van der Waals surface area (Å²) in [6, 6.07) is 1.49. The summed E-state index contributed by atoms with van der Waals surface area (Å²) < 4.78 is 27.1. The van der Waals surface area contributed by atoms with E-state index in [0.29, 0.717) is 18.0 Å². The minimum atomic E-state index is -3.49. The van der Waals surface area contributed by atoms with Gasteiger partial charge in [0.1, 0.15) is 4.21 Å². The molecular formula is C14H22N2O3S2. The maximum Gasteiger partial charge on any atom is 0.254 e. The fraction of sp³-hybridized carbons (Fsp3) is 0.643. The summed E-state index contributed by atoms with van der Waals surface area (Å²) in [6.07, 6.45) is 2.85. The monoisotopic (exact) mass is 330 g/mol. The zero-order chi connectivity index (χ0) is 15.5. The number of hydrogen-bond acceptors (Lipinski definition) is 4. The van der Waals surface area contributed by atoms with Crippen LogP contribution >= 0.6 is 11.3 Å². The second-order valence-electron chi connectivity index (χ2n) is 5.73. The second-order valence-corrected chi connectivity index (χ2v) is 8.64. The van der Waals surface area contributed by atoms with Gasteiger partial charge in [-0.05, 0) is 31.2 Å². The summed E-state index contributed by atoms with van der Waals surface area (Å²) >= 11 is 1.10. The molecule has 0 spiro atoms. The molecule has 0 aromatic carbocycles. The summed E-state index contributed by atoms with van der Waals surface area (Å²) in [4.78, 5) is 14.0. The fourth-order valence-electron chi connectivity index (χ4n) is 2.23. The number of carbonyl (C=O) groups excluding carboxylic acids is 1. The molecule has 1 aromatic rings. The van der Waals surface area contributed by atoms with Crippen LogP contribution in [0.25, 0.3) is 0 Å². The van der Waals surface area contributed by atoms with Gasteiger partial charge < -0.3 is 4.90 Å². The third-order valence-electron chi connectivity index (χ3n) is 3.49. The normalized spacial score (nSPS) is 15.9. The van der Waals surface area contributed by atoms with Gasteiger partial charge in [-0.3, -0.25) is 4.79 Å². The van der Waals surface area contributed by atoms with Crippen LogP contribution < -0.4 is 4.72 Å². The third-order valence-corrected chi connectivity index (χ3v) is 6.39. The smallest absolute Gasteiger partial charge is 0.254 e. The van der Waals surface area contributed by atoms with Gasteiger partial charge in [-0.25, -0.2) is 13.1 Å². The SMILES string of the molecule is CC(C)CCNS(=O)(=O)c1cc(C(=O)N2CCCC2)cs1. The van der Waals surface area contributed by atoms with Crippen LogP contribution in [-0.4, -0.2) is 38.9 Å². The Morgan fingerprint density at radius 1 is 1.38 bits per heavy atom. The van der Waals surface area contributed by atoms with Crippen molar-refractivity contribution in [2.45, 2.75) is 37.3 Å². The van der Waals surface area contributed by atoms with E-state index in [0.717, 1.165) is 43.7 Å². The second kappa shape index (κ2) is 6.89. The van der Waals surface area contributed by atoms with Gasteiger partial charge in [-0.2, -0.15) is 0 Å². The van der Waals surface area contributed by atoms with Gasteiger partial charge in [0, 0.05) is 25.0 Å². The van der Waals surface area contributed by atoms with Crippen molar-refractivity contribution in [3.63, 3.8) is 0 Å². The van der Waals surface area contributed by atoms with Crippen LogP contribution in [0, 0.1) is 5.92 Å². The van der Waals surface area contributed by atoms with Crippen LogP contribution in [0.4, 0.5) is 0 Å². The minimum Gasteiger partial charge on any atom is -0.339 e. The van der Waals surface area contributed by atoms with Gasteiger partial charge >= 0.3 is 0 Å². The van der Waals surface area contributed by atoms with Gasteiger partial charge in [0.2, 0.25) is 10.0 Å². The van der Waals surface area contributed by atoms with Gasteiger partial charge in [-0.15, -0.1) is 11.3 Å². The van der Waals surface area contributed by atoms with Crippen molar-refractivity contribution in [1.82, 2.24) is 9.62 Å². The zero-order valence-electron chi connectivity index (χ0n) is 12.5. The highest BCUT2D eigenvalue weighted by Crippen LogP contribution is 2.22. The average molecular weight is 330 g/mol. The van der Waals surface area contributed by atoms with E-state index in [1.807, 2.05) is 13.8 Å². The average Bonchev–Trinajstić information content (AvgIpc) is 3.09. The number of carbonyl (C=O) groups is 1. The molecule has 2 rings (SSSR count). The molecule has 1 aliphatic rings. The Balaban J connectivity index is 2.02. The van der Waals surface area contributed by atoms with Crippen LogP contribution in [0.3, 0.4) is 0 Å². The minimum absolute atomic E-state index is 0.0626. The van der Waals surface area contributed by atoms with Gasteiger partial charge in [0.25, 0.3) is 5.91 Å². The first-order valence-corrected chi connectivity index (χ1v) is 9.64. The Morgan fingerprint density at radius 3 is 2.67 bits per heavy atom. The van der Waals surface area contributed by atoms with Crippen molar-refractivity contribution < 1.29 is 13.2 Å². The van der Waals surface area contributed by atoms with Crippen LogP contribution in [0.1, 0.15) is 43.5 Å². The van der Waals surface area contributed by atoms with E-state index in [-0.39, 0.29) is 10.1 Å². The molecule has 7 heteroatoms. The maximum atomic E-state index is 12.2. The molecule has 2 heterocycles. The lowest BCUT2D eigenvalue weighted by Crippen LogP contribution is -2.27. The summed E-state index contributed by atoms with van der Waals surface area (Å²) in [5, 5.41) is 1.64. The van der Waals surface area contributed by atoms with Crippen LogP contribution in [0.5, 0.6) is 0 Å². The predicted molar refractivity (Wildman–Crippen MR) is 84.1 cm³/mol. The van der Waals surface area contributed by atoms with E-state index < -0.39 is 10.0 Å². The highest BCUT2D eigenvalue weighted by atomic mass is 32.2. The largest absolute Gasteiger partial charge is 0.339 e. The summed E-state index contributed by atoms with van der Waals surface area (Å²) in [6.45, 7) is 6.05. The van der Waals surface area contributed by atoms with Gasteiger partial charge in [-0.1, -0.05) is 13.8 Å². The molecule has 1 N–H and O–H groups in total. The third kappa shape index (κ3) is 4.28. The first kappa shape index (κ1) is 16.5. The summed E-state index contributed by atoms with van der Waals surface area (Å²) in [5.74, 6) is 0.385. The number of nitrogens with one attached hydrogen (secondary N) is 1. The van der Waals surface area contributed by atoms with E-state index >= 15 is 0 Å². The Kier molecular flexibility index (Phi) is 5.40. The van der Waals surface area contributed by atoms with Crippen molar-refractivity contribution >= 4 is 27.3 Å². The molecule has 0 bridgehead atoms. The predicted octanol–water partition coefficient (Wildman–Crippen LogP) is 2.31. The van der Waals surface area contributed by atoms with Gasteiger partial charge in [0.05, 0.1) is 5.56 Å². The van der Waals surface area contributed by atoms with E-state index in [1.54, 1.807) is 10.3 Å². The van der Waals surface area contributed by atoms with Crippen LogP contribution in [0.2, 0.25) is 0 Å². The highest BCUT2D eigenvalue weighted by Gasteiger charge is 2.23. The molecule has 1 saturated heterocycles. The first-order valence-electron chi connectivity index (χ1n) is 7.27. The quantitative estimate of drug-likeness (QED) is 0.870. The van der Waals surface area contributed by atoms with Crippen LogP contribution in [-0.2, 0) is 10.0 Å². The van der Waals surface area contributed by atoms with Crippen LogP contribution in [0.15, 0.2) is 15.7 Å². The number of sulfonamides is 1. The first-order chi connectivity index (χ1) is 9.90. The molecule has 0 radical (unpaired) electrons. The number of rotatable bonds is 6. The number of likely N-dealkylation sites (tertiary alicyclic amines) is 1. The molecule has 0 unspecified atom stereocenters. The molecule has 5 nitrogen and oxygen atoms in total. The van der Waals surface area contributed by atoms with E-state index in [9.17, 15) is 13.2 Å². The molecular weight excluding hydrogens is 308 g/mol. The molecule has 1 aliphatic heterocycles. The summed E-state index contributed by atoms with van der Waals surface area (Å²) in [5.41, 5.74) is 0.478. The topological polar surface area (TPSA) is 66.5 Å². The van der Waals surface area contributed by atoms with Gasteiger partial charge in [0.15, 0.2) is 0 Å². The highest BCUT2D eigenvalue weighted by molar-refractivity contribution is 7.91. The van der Waals surface area contributed by atoms with Crippen molar-refractivity contribution in [3.05, 3.63) is 17.0 Å². The standard InChI is InChI=1S/C14H22N2O3S2/c1-11(2)5-6-15-21(18,19)13-9-12(10-20-13)14(17)16-7-3-4-8-16/h9-11,15H,3-8H2,1-2H3. The number of thiophene rings is 1. The number of hydrogen-bond donors (Lipinski definition) is 1. The van der Waals surface area contributed by atoms with Crippen molar-refractivity contribution in [2.24, 2.45) is 5.92 Å². The number of nitrogens with zero attached hydrogens (tertiary/aromatic N) is 1. The van der Waals surface area contributed by atoms with E-state index in [1.165, 1.54) is 6.07 Å². The van der Waals surface area contributed by atoms with Crippen molar-refractivity contribution in [3.8, 4) is 0 Å². The molecule has 1 amide bonds. The lowest BCUT2D eigenvalue weighted by Gasteiger charge is -2.13. The molecule has 21 heavy (non-hydrogen) atoms. The van der Waals surface area contributed by atoms with Crippen molar-refractivity contribution in [2.75, 3.05) is 19.6 Å². The fourth-order valence-corrected chi connectivity index (χ4v) is 4.47. The number of amides is 1. The Labute approximate surface area is 130 Å². The summed E-state index contributed by atoms with van der Waals surface area (Å²) in [7, 11) is -3.49. The van der Waals surface area contributed by atoms with E-state index in [4.69, 9.17) is 0 Å². The lowest BCUT2D eigenvalue weighted by molar-refractivity contribution is 0.0793. The molecule has 1 fully saturated rings. The molecule has 0 aliphatic carbocycles. The lowest BCUT2D eigenvalue weighted by atomic mass is 10.1. The molecule has 1 aromatic heterocycles. The van der Waals surface area contributed by atoms with E-state index in [2.05, 4.69) is 4.72 Å². The molecule has 118 valence electrons. The van der Waals surface area contributed by atoms with Crippen molar-refractivity contribution in [1.29, 1.82) is 0 Å².